The topological polar surface area (TPSA) is 169 Å². The van der Waals surface area contributed by atoms with Crippen molar-refractivity contribution in [2.45, 2.75) is 75.3 Å². The lowest BCUT2D eigenvalue weighted by atomic mass is 9.83. The minimum absolute atomic E-state index is 0.0810. The predicted molar refractivity (Wildman–Crippen MR) is 173 cm³/mol. The van der Waals surface area contributed by atoms with Crippen LogP contribution in [0.3, 0.4) is 0 Å². The molecule has 4 fully saturated rings. The Bertz CT molecular complexity index is 1590. The molecule has 2 aromatic carbocycles. The van der Waals surface area contributed by atoms with Crippen molar-refractivity contribution in [2.24, 2.45) is 0 Å². The van der Waals surface area contributed by atoms with Crippen molar-refractivity contribution in [3.8, 4) is 11.5 Å². The molecule has 272 valence electrons. The van der Waals surface area contributed by atoms with E-state index >= 15 is 4.39 Å². The van der Waals surface area contributed by atoms with Crippen LogP contribution in [0.25, 0.3) is 6.08 Å². The van der Waals surface area contributed by atoms with Crippen molar-refractivity contribution in [3.63, 3.8) is 0 Å². The number of nitrogens with one attached hydrogen (secondary N) is 1. The number of aliphatic hydroxyl groups is 4. The average molecular weight is 705 g/mol. The van der Waals surface area contributed by atoms with Gasteiger partial charge in [0.25, 0.3) is 0 Å². The lowest BCUT2D eigenvalue weighted by Gasteiger charge is -2.41. The van der Waals surface area contributed by atoms with Crippen LogP contribution in [0.1, 0.15) is 25.8 Å². The number of halogens is 2. The van der Waals surface area contributed by atoms with Gasteiger partial charge in [0.1, 0.15) is 61.6 Å². The fourth-order valence-corrected chi connectivity index (χ4v) is 6.52. The normalized spacial score (nSPS) is 31.8. The van der Waals surface area contributed by atoms with Gasteiger partial charge in [0.2, 0.25) is 12.2 Å². The summed E-state index contributed by atoms with van der Waals surface area (Å²) in [5.74, 6) is -1.53. The van der Waals surface area contributed by atoms with Crippen molar-refractivity contribution in [1.82, 2.24) is 5.32 Å². The van der Waals surface area contributed by atoms with Gasteiger partial charge in [-0.3, -0.25) is 4.79 Å². The Morgan fingerprint density at radius 1 is 0.980 bits per heavy atom. The molecule has 0 unspecified atom stereocenters. The molecule has 0 aromatic heterocycles. The SMILES string of the molecule is CC(=Cc1ccc(O[C@H]2C[C@H](O)[C@@H](C(C)=CCOc3ccc(N4CCOCC4)c(F)c3)O2)c(F)c1)C(=O)N[C@@H]1[C@H](O)[C@@H](O)[C@H]2OCO[C@H]2[C@@H]1O. The van der Waals surface area contributed by atoms with Crippen molar-refractivity contribution in [1.29, 1.82) is 0 Å². The summed E-state index contributed by atoms with van der Waals surface area (Å²) in [5, 5.41) is 44.5. The number of ether oxygens (including phenoxy) is 6. The first-order chi connectivity index (χ1) is 24.0. The van der Waals surface area contributed by atoms with Crippen molar-refractivity contribution < 1.29 is 62.4 Å². The van der Waals surface area contributed by atoms with E-state index in [1.165, 1.54) is 31.2 Å². The van der Waals surface area contributed by atoms with Gasteiger partial charge in [-0.25, -0.2) is 8.78 Å². The number of carbonyl (C=O) groups excluding carboxylic acids is 1. The molecule has 13 nitrogen and oxygen atoms in total. The molecule has 5 N–H and O–H groups in total. The molecule has 0 bridgehead atoms. The van der Waals surface area contributed by atoms with Gasteiger partial charge in [-0.05, 0) is 61.4 Å². The fourth-order valence-electron chi connectivity index (χ4n) is 6.52. The van der Waals surface area contributed by atoms with Gasteiger partial charge in [-0.2, -0.15) is 0 Å². The number of hydrogen-bond donors (Lipinski definition) is 5. The number of hydrogen-bond acceptors (Lipinski definition) is 12. The van der Waals surface area contributed by atoms with Gasteiger partial charge in [-0.15, -0.1) is 0 Å². The van der Waals surface area contributed by atoms with Crippen LogP contribution in [0, 0.1) is 11.6 Å². The molecule has 9 atom stereocenters. The second-order valence-electron chi connectivity index (χ2n) is 12.7. The molecule has 1 aliphatic carbocycles. The van der Waals surface area contributed by atoms with Crippen LogP contribution in [-0.2, 0) is 23.7 Å². The molecular weight excluding hydrogens is 662 g/mol. The predicted octanol–water partition coefficient (Wildman–Crippen LogP) is 1.41. The van der Waals surface area contributed by atoms with E-state index in [1.54, 1.807) is 25.1 Å². The van der Waals surface area contributed by atoms with E-state index in [4.69, 9.17) is 28.4 Å². The largest absolute Gasteiger partial charge is 0.489 e. The molecule has 4 aliphatic rings. The zero-order chi connectivity index (χ0) is 35.5. The van der Waals surface area contributed by atoms with Crippen LogP contribution in [0.5, 0.6) is 11.5 Å². The Balaban J connectivity index is 1.00. The number of aliphatic hydroxyl groups excluding tert-OH is 4. The number of rotatable bonds is 10. The third-order valence-corrected chi connectivity index (χ3v) is 9.31. The second kappa shape index (κ2) is 15.7. The summed E-state index contributed by atoms with van der Waals surface area (Å²) < 4.78 is 62.9. The first-order valence-electron chi connectivity index (χ1n) is 16.5. The summed E-state index contributed by atoms with van der Waals surface area (Å²) in [5.41, 5.74) is 1.63. The van der Waals surface area contributed by atoms with Crippen LogP contribution < -0.4 is 19.7 Å². The maximum Gasteiger partial charge on any atom is 0.247 e. The van der Waals surface area contributed by atoms with Gasteiger partial charge in [0, 0.05) is 31.1 Å². The molecule has 3 saturated heterocycles. The first kappa shape index (κ1) is 36.1. The number of morpholine rings is 1. The van der Waals surface area contributed by atoms with E-state index < -0.39 is 66.8 Å². The van der Waals surface area contributed by atoms with Crippen LogP contribution in [0.15, 0.2) is 53.6 Å². The number of fused-ring (bicyclic) bond motifs is 1. The minimum atomic E-state index is -1.50. The van der Waals surface area contributed by atoms with Gasteiger partial charge in [0.05, 0.1) is 31.0 Å². The Morgan fingerprint density at radius 2 is 1.72 bits per heavy atom. The number of carbonyl (C=O) groups is 1. The number of anilines is 1. The van der Waals surface area contributed by atoms with E-state index in [2.05, 4.69) is 5.32 Å². The summed E-state index contributed by atoms with van der Waals surface area (Å²) in [6, 6.07) is 7.55. The monoisotopic (exact) mass is 704 g/mol. The van der Waals surface area contributed by atoms with Crippen LogP contribution in [0.2, 0.25) is 0 Å². The maximum atomic E-state index is 15.1. The fraction of sp³-hybridized carbons (Fsp3) is 0.514. The summed E-state index contributed by atoms with van der Waals surface area (Å²) in [4.78, 5) is 14.8. The highest BCUT2D eigenvalue weighted by molar-refractivity contribution is 5.97. The number of amides is 1. The van der Waals surface area contributed by atoms with Crippen LogP contribution in [0.4, 0.5) is 14.5 Å². The molecule has 0 spiro atoms. The maximum absolute atomic E-state index is 15.1. The smallest absolute Gasteiger partial charge is 0.247 e. The quantitative estimate of drug-likeness (QED) is 0.179. The van der Waals surface area contributed by atoms with Crippen LogP contribution >= 0.6 is 0 Å². The number of benzene rings is 2. The molecule has 3 aliphatic heterocycles. The van der Waals surface area contributed by atoms with Crippen molar-refractivity contribution >= 4 is 17.7 Å². The lowest BCUT2D eigenvalue weighted by Crippen LogP contribution is -2.67. The third-order valence-electron chi connectivity index (χ3n) is 9.31. The molecule has 3 heterocycles. The first-order valence-corrected chi connectivity index (χ1v) is 16.5. The zero-order valence-corrected chi connectivity index (χ0v) is 27.6. The van der Waals surface area contributed by atoms with E-state index in [0.29, 0.717) is 48.9 Å². The molecule has 0 radical (unpaired) electrons. The molecular formula is C35H42F2N2O11. The van der Waals surface area contributed by atoms with Gasteiger partial charge in [-0.1, -0.05) is 6.07 Å². The molecule has 1 saturated carbocycles. The molecule has 15 heteroatoms. The lowest BCUT2D eigenvalue weighted by molar-refractivity contribution is -0.155. The van der Waals surface area contributed by atoms with E-state index in [1.807, 2.05) is 4.90 Å². The van der Waals surface area contributed by atoms with Gasteiger partial charge in [0.15, 0.2) is 11.6 Å². The average Bonchev–Trinajstić information content (AvgIpc) is 3.74. The van der Waals surface area contributed by atoms with Gasteiger partial charge >= 0.3 is 0 Å². The minimum Gasteiger partial charge on any atom is -0.489 e. The summed E-state index contributed by atoms with van der Waals surface area (Å²) >= 11 is 0. The van der Waals surface area contributed by atoms with Crippen molar-refractivity contribution in [3.05, 3.63) is 70.8 Å². The number of nitrogens with zero attached hydrogens (tertiary/aromatic N) is 1. The Labute approximate surface area is 287 Å². The summed E-state index contributed by atoms with van der Waals surface area (Å²) in [6.45, 7) is 5.51. The van der Waals surface area contributed by atoms with Crippen LogP contribution in [-0.4, -0.2) is 121 Å². The van der Waals surface area contributed by atoms with E-state index in [-0.39, 0.29) is 37.0 Å². The summed E-state index contributed by atoms with van der Waals surface area (Å²) in [6.07, 6.45) is -5.42. The van der Waals surface area contributed by atoms with Gasteiger partial charge < -0.3 is 59.1 Å². The zero-order valence-electron chi connectivity index (χ0n) is 27.6. The Morgan fingerprint density at radius 3 is 2.44 bits per heavy atom. The highest BCUT2D eigenvalue weighted by Crippen LogP contribution is 2.32. The summed E-state index contributed by atoms with van der Waals surface area (Å²) in [7, 11) is 0. The molecule has 2 aromatic rings. The standard InChI is InChI=1S/C35H42F2N2O11/c1-18(7-10-46-21-4-5-24(22(36)15-21)39-8-11-45-12-9-39)32-25(40)16-27(50-32)49-26-6-3-20(14-23(26)37)13-19(2)35(44)38-28-29(41)31(43)34-33(30(28)42)47-17-48-34/h3-7,13-15,25,27-34,40-43H,8-12,16-17H2,1-2H3,(H,38,44)/t25-,27+,28+,29-,30+,31+,32+,33-,34+/m0/s1. The van der Waals surface area contributed by atoms with E-state index in [0.717, 1.165) is 6.07 Å². The highest BCUT2D eigenvalue weighted by atomic mass is 19.1. The molecule has 50 heavy (non-hydrogen) atoms. The third kappa shape index (κ3) is 7.95. The van der Waals surface area contributed by atoms with Crippen molar-refractivity contribution in [2.75, 3.05) is 44.6 Å². The second-order valence-corrected chi connectivity index (χ2v) is 12.7. The van der Waals surface area contributed by atoms with E-state index in [9.17, 15) is 29.6 Å². The Hall–Kier alpha value is -3.67. The molecule has 6 rings (SSSR count). The highest BCUT2D eigenvalue weighted by Gasteiger charge is 2.53. The Kier molecular flexibility index (Phi) is 11.3. The molecule has 1 amide bonds.